The molecule has 1 atom stereocenters. The van der Waals surface area contributed by atoms with Crippen LogP contribution in [0.15, 0.2) is 24.3 Å². The minimum Gasteiger partial charge on any atom is -0.346 e. The van der Waals surface area contributed by atoms with Gasteiger partial charge in [-0.05, 0) is 19.1 Å². The highest BCUT2D eigenvalue weighted by molar-refractivity contribution is 5.82. The van der Waals surface area contributed by atoms with Crippen molar-refractivity contribution in [2.75, 3.05) is 0 Å². The lowest BCUT2D eigenvalue weighted by molar-refractivity contribution is -0.129. The van der Waals surface area contributed by atoms with Gasteiger partial charge in [0, 0.05) is 5.41 Å². The van der Waals surface area contributed by atoms with Crippen LogP contribution in [0.4, 0.5) is 0 Å². The molecule has 4 nitrogen and oxygen atoms in total. The lowest BCUT2D eigenvalue weighted by Gasteiger charge is -2.22. The van der Waals surface area contributed by atoms with Gasteiger partial charge in [0.1, 0.15) is 5.82 Å². The van der Waals surface area contributed by atoms with Gasteiger partial charge in [-0.1, -0.05) is 38.8 Å². The quantitative estimate of drug-likeness (QED) is 0.880. The van der Waals surface area contributed by atoms with Crippen LogP contribution in [0.25, 0.3) is 11.0 Å². The number of aromatic nitrogens is 2. The Kier molecular flexibility index (Phi) is 4.04. The molecule has 0 fully saturated rings. The van der Waals surface area contributed by atoms with Gasteiger partial charge in [0.25, 0.3) is 0 Å². The fourth-order valence-corrected chi connectivity index (χ4v) is 2.16. The van der Waals surface area contributed by atoms with Gasteiger partial charge >= 0.3 is 0 Å². The summed E-state index contributed by atoms with van der Waals surface area (Å²) in [5, 5.41) is 3.01. The van der Waals surface area contributed by atoms with Crippen LogP contribution in [0.1, 0.15) is 39.6 Å². The summed E-state index contributed by atoms with van der Waals surface area (Å²) in [4.78, 5) is 16.8. The molecule has 0 spiro atoms. The van der Waals surface area contributed by atoms with E-state index in [0.29, 0.717) is 6.54 Å². The second-order valence-corrected chi connectivity index (χ2v) is 6.19. The Labute approximate surface area is 125 Å². The van der Waals surface area contributed by atoms with Crippen LogP contribution in [-0.4, -0.2) is 15.5 Å². The van der Waals surface area contributed by atoms with E-state index >= 15 is 0 Å². The monoisotopic (exact) mass is 283 g/mol. The van der Waals surface area contributed by atoms with E-state index in [2.05, 4.69) is 16.2 Å². The van der Waals surface area contributed by atoms with Crippen molar-refractivity contribution in [2.45, 2.75) is 40.3 Å². The van der Waals surface area contributed by atoms with Crippen LogP contribution >= 0.6 is 0 Å². The Morgan fingerprint density at radius 1 is 1.43 bits per heavy atom. The second kappa shape index (κ2) is 5.61. The van der Waals surface area contributed by atoms with Gasteiger partial charge < -0.3 is 9.88 Å². The van der Waals surface area contributed by atoms with Crippen molar-refractivity contribution in [3.8, 4) is 12.3 Å². The van der Waals surface area contributed by atoms with E-state index in [1.807, 2.05) is 56.5 Å². The zero-order valence-electron chi connectivity index (χ0n) is 13.0. The SMILES string of the molecule is C#CCn1c(C(C)NC(=O)C(C)(C)C)nc2ccccc21. The Balaban J connectivity index is 2.39. The average molecular weight is 283 g/mol. The van der Waals surface area contributed by atoms with Crippen LogP contribution in [0.5, 0.6) is 0 Å². The molecule has 2 rings (SSSR count). The third-order valence-electron chi connectivity index (χ3n) is 3.35. The number of imidazole rings is 1. The first kappa shape index (κ1) is 15.1. The van der Waals surface area contributed by atoms with Gasteiger partial charge in [0.2, 0.25) is 5.91 Å². The van der Waals surface area contributed by atoms with E-state index in [-0.39, 0.29) is 11.9 Å². The fraction of sp³-hybridized carbons (Fsp3) is 0.412. The largest absolute Gasteiger partial charge is 0.346 e. The first-order valence-corrected chi connectivity index (χ1v) is 7.04. The Bertz CT molecular complexity index is 701. The average Bonchev–Trinajstić information content (AvgIpc) is 2.77. The van der Waals surface area contributed by atoms with Gasteiger partial charge in [-0.3, -0.25) is 4.79 Å². The molecule has 21 heavy (non-hydrogen) atoms. The molecule has 0 saturated carbocycles. The predicted molar refractivity (Wildman–Crippen MR) is 84.6 cm³/mol. The molecular weight excluding hydrogens is 262 g/mol. The van der Waals surface area contributed by atoms with Crippen molar-refractivity contribution >= 4 is 16.9 Å². The number of carbonyl (C=O) groups is 1. The molecule has 1 heterocycles. The lowest BCUT2D eigenvalue weighted by atomic mass is 9.95. The maximum Gasteiger partial charge on any atom is 0.225 e. The van der Waals surface area contributed by atoms with Crippen LogP contribution < -0.4 is 5.32 Å². The number of hydrogen-bond donors (Lipinski definition) is 1. The lowest BCUT2D eigenvalue weighted by Crippen LogP contribution is -2.37. The van der Waals surface area contributed by atoms with Crippen molar-refractivity contribution < 1.29 is 4.79 Å². The van der Waals surface area contributed by atoms with Gasteiger partial charge in [-0.15, -0.1) is 6.42 Å². The highest BCUT2D eigenvalue weighted by Crippen LogP contribution is 2.22. The summed E-state index contributed by atoms with van der Waals surface area (Å²) in [6.45, 7) is 8.03. The number of rotatable bonds is 3. The summed E-state index contributed by atoms with van der Waals surface area (Å²) >= 11 is 0. The van der Waals surface area contributed by atoms with E-state index in [4.69, 9.17) is 6.42 Å². The van der Waals surface area contributed by atoms with Crippen LogP contribution in [0.3, 0.4) is 0 Å². The Morgan fingerprint density at radius 2 is 2.10 bits per heavy atom. The topological polar surface area (TPSA) is 46.9 Å². The Morgan fingerprint density at radius 3 is 2.71 bits per heavy atom. The molecule has 0 radical (unpaired) electrons. The van der Waals surface area contributed by atoms with E-state index in [1.54, 1.807) is 0 Å². The van der Waals surface area contributed by atoms with Crippen LogP contribution in [-0.2, 0) is 11.3 Å². The molecule has 1 amide bonds. The molecule has 1 N–H and O–H groups in total. The summed E-state index contributed by atoms with van der Waals surface area (Å²) in [5.41, 5.74) is 1.44. The number of fused-ring (bicyclic) bond motifs is 1. The third kappa shape index (κ3) is 3.08. The summed E-state index contributed by atoms with van der Waals surface area (Å²) in [6.07, 6.45) is 5.46. The van der Waals surface area contributed by atoms with Gasteiger partial charge in [-0.2, -0.15) is 0 Å². The summed E-state index contributed by atoms with van der Waals surface area (Å²) < 4.78 is 1.98. The number of para-hydroxylation sites is 2. The number of amides is 1. The molecule has 1 aromatic heterocycles. The molecule has 0 aliphatic rings. The molecule has 0 aliphatic heterocycles. The van der Waals surface area contributed by atoms with Crippen molar-refractivity contribution in [2.24, 2.45) is 5.41 Å². The second-order valence-electron chi connectivity index (χ2n) is 6.19. The Hall–Kier alpha value is -2.28. The zero-order valence-corrected chi connectivity index (χ0v) is 13.0. The van der Waals surface area contributed by atoms with Crippen molar-refractivity contribution in [3.63, 3.8) is 0 Å². The number of benzene rings is 1. The predicted octanol–water partition coefficient (Wildman–Crippen LogP) is 2.89. The van der Waals surface area contributed by atoms with Crippen molar-refractivity contribution in [1.29, 1.82) is 0 Å². The van der Waals surface area contributed by atoms with Gasteiger partial charge in [-0.25, -0.2) is 4.98 Å². The van der Waals surface area contributed by atoms with E-state index in [1.165, 1.54) is 0 Å². The maximum atomic E-state index is 12.1. The fourth-order valence-electron chi connectivity index (χ4n) is 2.16. The van der Waals surface area contributed by atoms with E-state index in [0.717, 1.165) is 16.9 Å². The minimum atomic E-state index is -0.433. The first-order valence-electron chi connectivity index (χ1n) is 7.04. The standard InChI is InChI=1S/C17H21N3O/c1-6-11-20-14-10-8-7-9-13(14)19-15(20)12(2)18-16(21)17(3,4)5/h1,7-10,12H,11H2,2-5H3,(H,18,21). The highest BCUT2D eigenvalue weighted by atomic mass is 16.2. The number of carbonyl (C=O) groups excluding carboxylic acids is 1. The molecule has 0 bridgehead atoms. The minimum absolute atomic E-state index is 0.00527. The molecule has 1 aromatic carbocycles. The number of hydrogen-bond acceptors (Lipinski definition) is 2. The molecule has 2 aromatic rings. The van der Waals surface area contributed by atoms with Crippen molar-refractivity contribution in [3.05, 3.63) is 30.1 Å². The molecule has 4 heteroatoms. The first-order chi connectivity index (χ1) is 9.84. The molecule has 0 saturated heterocycles. The van der Waals surface area contributed by atoms with Gasteiger partial charge in [0.05, 0.1) is 23.6 Å². The smallest absolute Gasteiger partial charge is 0.225 e. The summed E-state index contributed by atoms with van der Waals surface area (Å²) in [6, 6.07) is 7.64. The molecule has 110 valence electrons. The summed E-state index contributed by atoms with van der Waals surface area (Å²) in [5.74, 6) is 3.43. The number of nitrogens with zero attached hydrogens (tertiary/aromatic N) is 2. The molecule has 1 unspecified atom stereocenters. The highest BCUT2D eigenvalue weighted by Gasteiger charge is 2.25. The molecular formula is C17H21N3O. The third-order valence-corrected chi connectivity index (χ3v) is 3.35. The van der Waals surface area contributed by atoms with E-state index < -0.39 is 5.41 Å². The van der Waals surface area contributed by atoms with E-state index in [9.17, 15) is 4.79 Å². The normalized spacial score (nSPS) is 12.9. The number of terminal acetylenes is 1. The zero-order chi connectivity index (χ0) is 15.6. The van der Waals surface area contributed by atoms with Crippen molar-refractivity contribution in [1.82, 2.24) is 14.9 Å². The van der Waals surface area contributed by atoms with Crippen LogP contribution in [0, 0.1) is 17.8 Å². The number of nitrogens with one attached hydrogen (secondary N) is 1. The molecule has 0 aliphatic carbocycles. The maximum absolute atomic E-state index is 12.1. The van der Waals surface area contributed by atoms with Crippen LogP contribution in [0.2, 0.25) is 0 Å². The van der Waals surface area contributed by atoms with Gasteiger partial charge in [0.15, 0.2) is 0 Å². The summed E-state index contributed by atoms with van der Waals surface area (Å²) in [7, 11) is 0.